The Bertz CT molecular complexity index is 225. The minimum absolute atomic E-state index is 0.151. The van der Waals surface area contributed by atoms with E-state index >= 15 is 0 Å². The fourth-order valence-corrected chi connectivity index (χ4v) is 3.23. The van der Waals surface area contributed by atoms with Gasteiger partial charge in [-0.1, -0.05) is 34.6 Å². The first-order valence-corrected chi connectivity index (χ1v) is 5.20. The second-order valence-corrected chi connectivity index (χ2v) is 5.88. The lowest BCUT2D eigenvalue weighted by Crippen LogP contribution is -2.35. The topological polar surface area (TPSA) is 17.1 Å². The standard InChI is InChI=1S/C12H22O/c1-8-7-11(3,4)12(5,6)10(8)9(2)13/h8,10H,7H2,1-6H3. The highest BCUT2D eigenvalue weighted by atomic mass is 16.1. The van der Waals surface area contributed by atoms with E-state index in [-0.39, 0.29) is 11.3 Å². The van der Waals surface area contributed by atoms with Gasteiger partial charge in [-0.25, -0.2) is 0 Å². The molecule has 0 saturated heterocycles. The molecule has 0 amide bonds. The monoisotopic (exact) mass is 182 g/mol. The molecule has 1 saturated carbocycles. The third-order valence-corrected chi connectivity index (χ3v) is 4.36. The molecule has 2 atom stereocenters. The maximum atomic E-state index is 11.6. The molecule has 0 N–H and O–H groups in total. The van der Waals surface area contributed by atoms with Gasteiger partial charge in [-0.15, -0.1) is 0 Å². The molecule has 76 valence electrons. The Morgan fingerprint density at radius 3 is 1.85 bits per heavy atom. The van der Waals surface area contributed by atoms with Gasteiger partial charge in [0.2, 0.25) is 0 Å². The Hall–Kier alpha value is -0.330. The molecule has 1 fully saturated rings. The van der Waals surface area contributed by atoms with Crippen molar-refractivity contribution in [3.05, 3.63) is 0 Å². The zero-order valence-electron chi connectivity index (χ0n) is 9.77. The maximum Gasteiger partial charge on any atom is 0.133 e. The molecule has 0 aromatic heterocycles. The van der Waals surface area contributed by atoms with Crippen LogP contribution in [0.2, 0.25) is 0 Å². The Morgan fingerprint density at radius 2 is 1.69 bits per heavy atom. The summed E-state index contributed by atoms with van der Waals surface area (Å²) >= 11 is 0. The fourth-order valence-electron chi connectivity index (χ4n) is 3.23. The van der Waals surface area contributed by atoms with Gasteiger partial charge in [0.25, 0.3) is 0 Å². The van der Waals surface area contributed by atoms with Gasteiger partial charge in [0.1, 0.15) is 5.78 Å². The highest BCUT2D eigenvalue weighted by Gasteiger charge is 2.53. The highest BCUT2D eigenvalue weighted by Crippen LogP contribution is 2.58. The molecule has 2 unspecified atom stereocenters. The van der Waals surface area contributed by atoms with Crippen LogP contribution in [0.1, 0.15) is 48.0 Å². The Balaban J connectivity index is 3.05. The van der Waals surface area contributed by atoms with Gasteiger partial charge in [0.15, 0.2) is 0 Å². The van der Waals surface area contributed by atoms with Gasteiger partial charge in [0.05, 0.1) is 0 Å². The van der Waals surface area contributed by atoms with E-state index in [0.29, 0.717) is 17.1 Å². The van der Waals surface area contributed by atoms with Crippen molar-refractivity contribution in [2.24, 2.45) is 22.7 Å². The van der Waals surface area contributed by atoms with Crippen LogP contribution in [0.4, 0.5) is 0 Å². The van der Waals surface area contributed by atoms with E-state index in [2.05, 4.69) is 34.6 Å². The molecular weight excluding hydrogens is 160 g/mol. The van der Waals surface area contributed by atoms with Gasteiger partial charge in [0, 0.05) is 5.92 Å². The summed E-state index contributed by atoms with van der Waals surface area (Å²) in [5, 5.41) is 0. The predicted octanol–water partition coefficient (Wildman–Crippen LogP) is 3.28. The van der Waals surface area contributed by atoms with E-state index in [9.17, 15) is 4.79 Å². The maximum absolute atomic E-state index is 11.6. The van der Waals surface area contributed by atoms with Crippen LogP contribution in [-0.2, 0) is 4.79 Å². The van der Waals surface area contributed by atoms with E-state index in [4.69, 9.17) is 0 Å². The fraction of sp³-hybridized carbons (Fsp3) is 0.917. The minimum Gasteiger partial charge on any atom is -0.300 e. The van der Waals surface area contributed by atoms with Crippen molar-refractivity contribution in [3.63, 3.8) is 0 Å². The van der Waals surface area contributed by atoms with E-state index in [0.717, 1.165) is 0 Å². The molecule has 1 rings (SSSR count). The van der Waals surface area contributed by atoms with Crippen LogP contribution >= 0.6 is 0 Å². The van der Waals surface area contributed by atoms with Crippen molar-refractivity contribution >= 4 is 5.78 Å². The Labute approximate surface area is 81.9 Å². The smallest absolute Gasteiger partial charge is 0.133 e. The first-order chi connectivity index (χ1) is 5.70. The van der Waals surface area contributed by atoms with Gasteiger partial charge in [-0.3, -0.25) is 4.79 Å². The van der Waals surface area contributed by atoms with Crippen LogP contribution in [-0.4, -0.2) is 5.78 Å². The van der Waals surface area contributed by atoms with E-state index in [1.54, 1.807) is 6.92 Å². The van der Waals surface area contributed by atoms with Gasteiger partial charge >= 0.3 is 0 Å². The molecule has 0 bridgehead atoms. The normalized spacial score (nSPS) is 36.2. The predicted molar refractivity (Wildman–Crippen MR) is 55.5 cm³/mol. The number of carbonyl (C=O) groups excluding carboxylic acids is 1. The third kappa shape index (κ3) is 1.43. The van der Waals surface area contributed by atoms with Crippen molar-refractivity contribution < 1.29 is 4.79 Å². The van der Waals surface area contributed by atoms with Crippen molar-refractivity contribution in [1.29, 1.82) is 0 Å². The van der Waals surface area contributed by atoms with Gasteiger partial charge in [-0.2, -0.15) is 0 Å². The molecular formula is C12H22O. The zero-order valence-corrected chi connectivity index (χ0v) is 9.77. The largest absolute Gasteiger partial charge is 0.300 e. The molecule has 1 aliphatic carbocycles. The van der Waals surface area contributed by atoms with Gasteiger partial charge < -0.3 is 0 Å². The summed E-state index contributed by atoms with van der Waals surface area (Å²) < 4.78 is 0. The number of carbonyl (C=O) groups is 1. The van der Waals surface area contributed by atoms with Crippen LogP contribution in [0.15, 0.2) is 0 Å². The average molecular weight is 182 g/mol. The van der Waals surface area contributed by atoms with Crippen LogP contribution in [0.25, 0.3) is 0 Å². The van der Waals surface area contributed by atoms with Gasteiger partial charge in [-0.05, 0) is 30.1 Å². The molecule has 0 spiro atoms. The summed E-state index contributed by atoms with van der Waals surface area (Å²) in [5.41, 5.74) is 0.445. The number of rotatable bonds is 1. The molecule has 0 aromatic rings. The van der Waals surface area contributed by atoms with Crippen molar-refractivity contribution in [3.8, 4) is 0 Å². The lowest BCUT2D eigenvalue weighted by molar-refractivity contribution is -0.125. The second kappa shape index (κ2) is 2.83. The van der Waals surface area contributed by atoms with Crippen molar-refractivity contribution in [2.75, 3.05) is 0 Å². The van der Waals surface area contributed by atoms with E-state index in [1.165, 1.54) is 6.42 Å². The van der Waals surface area contributed by atoms with E-state index < -0.39 is 0 Å². The van der Waals surface area contributed by atoms with Crippen LogP contribution in [0.3, 0.4) is 0 Å². The Morgan fingerprint density at radius 1 is 1.23 bits per heavy atom. The summed E-state index contributed by atoms with van der Waals surface area (Å²) in [6, 6.07) is 0. The first-order valence-electron chi connectivity index (χ1n) is 5.20. The summed E-state index contributed by atoms with van der Waals surface area (Å²) in [7, 11) is 0. The molecule has 13 heavy (non-hydrogen) atoms. The summed E-state index contributed by atoms with van der Waals surface area (Å²) in [6.07, 6.45) is 1.17. The SMILES string of the molecule is CC(=O)C1C(C)CC(C)(C)C1(C)C. The van der Waals surface area contributed by atoms with Crippen molar-refractivity contribution in [1.82, 2.24) is 0 Å². The number of hydrogen-bond donors (Lipinski definition) is 0. The quantitative estimate of drug-likeness (QED) is 0.608. The Kier molecular flexibility index (Phi) is 2.34. The second-order valence-electron chi connectivity index (χ2n) is 5.88. The lowest BCUT2D eigenvalue weighted by Gasteiger charge is -2.38. The van der Waals surface area contributed by atoms with Crippen LogP contribution in [0.5, 0.6) is 0 Å². The average Bonchev–Trinajstić information content (AvgIpc) is 1.96. The summed E-state index contributed by atoms with van der Waals surface area (Å²) in [4.78, 5) is 11.6. The number of ketones is 1. The molecule has 0 aromatic carbocycles. The zero-order chi connectivity index (χ0) is 10.4. The first kappa shape index (κ1) is 10.7. The number of Topliss-reactive ketones (excluding diaryl/α,β-unsaturated/α-hetero) is 1. The molecule has 1 aliphatic rings. The summed E-state index contributed by atoms with van der Waals surface area (Å²) in [5.74, 6) is 1.16. The minimum atomic E-state index is 0.151. The van der Waals surface area contributed by atoms with E-state index in [1.807, 2.05) is 0 Å². The number of hydrogen-bond acceptors (Lipinski definition) is 1. The van der Waals surface area contributed by atoms with Crippen molar-refractivity contribution in [2.45, 2.75) is 48.0 Å². The lowest BCUT2D eigenvalue weighted by atomic mass is 9.66. The molecule has 0 radical (unpaired) electrons. The molecule has 0 heterocycles. The highest BCUT2D eigenvalue weighted by molar-refractivity contribution is 5.80. The summed E-state index contributed by atoms with van der Waals surface area (Å²) in [6.45, 7) is 13.0. The molecule has 1 heteroatoms. The molecule has 1 nitrogen and oxygen atoms in total. The van der Waals surface area contributed by atoms with Crippen LogP contribution in [0, 0.1) is 22.7 Å². The molecule has 0 aliphatic heterocycles. The third-order valence-electron chi connectivity index (χ3n) is 4.36. The van der Waals surface area contributed by atoms with Crippen LogP contribution < -0.4 is 0 Å².